The Labute approximate surface area is 121 Å². The average molecular weight is 296 g/mol. The standard InChI is InChI=1S/C14H17FN2O4/c1-8(2)6-17(7-12(16)18)13(19)10-4-3-9(14(20)21)5-11(10)15/h3-5,8H,6-7H2,1-2H3,(H2,16,18)(H,20,21). The summed E-state index contributed by atoms with van der Waals surface area (Å²) in [4.78, 5) is 35.1. The highest BCUT2D eigenvalue weighted by Gasteiger charge is 2.22. The number of amides is 2. The highest BCUT2D eigenvalue weighted by atomic mass is 19.1. The van der Waals surface area contributed by atoms with Gasteiger partial charge >= 0.3 is 5.97 Å². The number of benzene rings is 1. The fourth-order valence-electron chi connectivity index (χ4n) is 1.84. The molecule has 114 valence electrons. The first kappa shape index (κ1) is 16.6. The molecular formula is C14H17FN2O4. The number of nitrogens with zero attached hydrogens (tertiary/aromatic N) is 1. The van der Waals surface area contributed by atoms with Gasteiger partial charge in [0.05, 0.1) is 17.7 Å². The quantitative estimate of drug-likeness (QED) is 0.821. The smallest absolute Gasteiger partial charge is 0.335 e. The van der Waals surface area contributed by atoms with Crippen LogP contribution in [0, 0.1) is 11.7 Å². The van der Waals surface area contributed by atoms with E-state index in [-0.39, 0.29) is 30.1 Å². The van der Waals surface area contributed by atoms with E-state index in [1.54, 1.807) is 0 Å². The Morgan fingerprint density at radius 1 is 1.33 bits per heavy atom. The van der Waals surface area contributed by atoms with Gasteiger partial charge in [-0.3, -0.25) is 9.59 Å². The topological polar surface area (TPSA) is 101 Å². The molecule has 0 saturated carbocycles. The molecule has 0 radical (unpaired) electrons. The van der Waals surface area contributed by atoms with E-state index in [1.165, 1.54) is 0 Å². The van der Waals surface area contributed by atoms with Crippen molar-refractivity contribution in [3.63, 3.8) is 0 Å². The zero-order valence-electron chi connectivity index (χ0n) is 11.8. The third kappa shape index (κ3) is 4.55. The van der Waals surface area contributed by atoms with Crippen molar-refractivity contribution in [1.29, 1.82) is 0 Å². The molecule has 0 saturated heterocycles. The van der Waals surface area contributed by atoms with Crippen LogP contribution in [-0.2, 0) is 4.79 Å². The summed E-state index contributed by atoms with van der Waals surface area (Å²) in [5, 5.41) is 8.76. The Balaban J connectivity index is 3.08. The van der Waals surface area contributed by atoms with Gasteiger partial charge in [-0.25, -0.2) is 9.18 Å². The van der Waals surface area contributed by atoms with Gasteiger partial charge < -0.3 is 15.7 Å². The van der Waals surface area contributed by atoms with Gasteiger partial charge in [0.15, 0.2) is 0 Å². The van der Waals surface area contributed by atoms with Crippen molar-refractivity contribution in [3.05, 3.63) is 35.1 Å². The second-order valence-electron chi connectivity index (χ2n) is 5.05. The van der Waals surface area contributed by atoms with E-state index in [4.69, 9.17) is 10.8 Å². The number of hydrogen-bond acceptors (Lipinski definition) is 3. The first-order valence-corrected chi connectivity index (χ1v) is 6.32. The van der Waals surface area contributed by atoms with Gasteiger partial charge in [-0.05, 0) is 24.1 Å². The average Bonchev–Trinajstić information content (AvgIpc) is 2.35. The Morgan fingerprint density at radius 3 is 2.38 bits per heavy atom. The lowest BCUT2D eigenvalue weighted by molar-refractivity contribution is -0.118. The van der Waals surface area contributed by atoms with E-state index >= 15 is 0 Å². The molecule has 0 aliphatic carbocycles. The molecule has 3 N–H and O–H groups in total. The fraction of sp³-hybridized carbons (Fsp3) is 0.357. The maximum atomic E-state index is 13.9. The van der Waals surface area contributed by atoms with Gasteiger partial charge in [0.1, 0.15) is 5.82 Å². The number of hydrogen-bond donors (Lipinski definition) is 2. The number of carboxylic acids is 1. The summed E-state index contributed by atoms with van der Waals surface area (Å²) >= 11 is 0. The molecule has 0 unspecified atom stereocenters. The van der Waals surface area contributed by atoms with Gasteiger partial charge in [0.25, 0.3) is 5.91 Å². The van der Waals surface area contributed by atoms with Crippen LogP contribution >= 0.6 is 0 Å². The highest BCUT2D eigenvalue weighted by molar-refractivity contribution is 5.97. The normalized spacial score (nSPS) is 10.5. The molecule has 7 heteroatoms. The summed E-state index contributed by atoms with van der Waals surface area (Å²) in [7, 11) is 0. The molecule has 0 aliphatic heterocycles. The number of aromatic carboxylic acids is 1. The Kier molecular flexibility index (Phi) is 5.40. The summed E-state index contributed by atoms with van der Waals surface area (Å²) in [6.07, 6.45) is 0. The first-order valence-electron chi connectivity index (χ1n) is 6.32. The zero-order valence-corrected chi connectivity index (χ0v) is 11.8. The van der Waals surface area contributed by atoms with Crippen LogP contribution in [0.1, 0.15) is 34.6 Å². The summed E-state index contributed by atoms with van der Waals surface area (Å²) in [5.41, 5.74) is 4.54. The van der Waals surface area contributed by atoms with Crippen LogP contribution in [0.2, 0.25) is 0 Å². The molecule has 0 spiro atoms. The number of primary amides is 1. The Hall–Kier alpha value is -2.44. The molecular weight excluding hydrogens is 279 g/mol. The maximum Gasteiger partial charge on any atom is 0.335 e. The number of carbonyl (C=O) groups excluding carboxylic acids is 2. The molecule has 21 heavy (non-hydrogen) atoms. The fourth-order valence-corrected chi connectivity index (χ4v) is 1.84. The zero-order chi connectivity index (χ0) is 16.2. The van der Waals surface area contributed by atoms with Gasteiger partial charge in [0, 0.05) is 6.54 Å². The van der Waals surface area contributed by atoms with E-state index in [1.807, 2.05) is 13.8 Å². The van der Waals surface area contributed by atoms with Crippen molar-refractivity contribution in [1.82, 2.24) is 4.90 Å². The molecule has 1 rings (SSSR count). The molecule has 0 bridgehead atoms. The minimum atomic E-state index is -1.29. The molecule has 2 amide bonds. The van der Waals surface area contributed by atoms with Crippen molar-refractivity contribution in [2.75, 3.05) is 13.1 Å². The summed E-state index contributed by atoms with van der Waals surface area (Å²) in [6.45, 7) is 3.59. The minimum absolute atomic E-state index is 0.0645. The van der Waals surface area contributed by atoms with Crippen LogP contribution in [0.5, 0.6) is 0 Å². The molecule has 0 atom stereocenters. The predicted octanol–water partition coefficient (Wildman–Crippen LogP) is 1.11. The highest BCUT2D eigenvalue weighted by Crippen LogP contribution is 2.14. The summed E-state index contributed by atoms with van der Waals surface area (Å²) in [5.74, 6) is -3.57. The van der Waals surface area contributed by atoms with E-state index in [0.717, 1.165) is 23.1 Å². The van der Waals surface area contributed by atoms with Crippen LogP contribution in [-0.4, -0.2) is 40.9 Å². The monoisotopic (exact) mass is 296 g/mol. The Bertz CT molecular complexity index is 572. The largest absolute Gasteiger partial charge is 0.478 e. The molecule has 0 heterocycles. The van der Waals surface area contributed by atoms with Crippen LogP contribution in [0.4, 0.5) is 4.39 Å². The van der Waals surface area contributed by atoms with E-state index < -0.39 is 23.6 Å². The van der Waals surface area contributed by atoms with Crippen molar-refractivity contribution in [2.45, 2.75) is 13.8 Å². The Morgan fingerprint density at radius 2 is 1.95 bits per heavy atom. The van der Waals surface area contributed by atoms with E-state index in [2.05, 4.69) is 0 Å². The minimum Gasteiger partial charge on any atom is -0.478 e. The van der Waals surface area contributed by atoms with E-state index in [9.17, 15) is 18.8 Å². The van der Waals surface area contributed by atoms with Gasteiger partial charge in [-0.2, -0.15) is 0 Å². The van der Waals surface area contributed by atoms with E-state index in [0.29, 0.717) is 0 Å². The lowest BCUT2D eigenvalue weighted by Crippen LogP contribution is -2.40. The molecule has 0 aliphatic rings. The van der Waals surface area contributed by atoms with Gasteiger partial charge in [0.2, 0.25) is 5.91 Å². The van der Waals surface area contributed by atoms with Crippen molar-refractivity contribution < 1.29 is 23.9 Å². The first-order chi connectivity index (χ1) is 9.72. The number of rotatable bonds is 6. The number of nitrogens with two attached hydrogens (primary N) is 1. The molecule has 0 aromatic heterocycles. The van der Waals surface area contributed by atoms with Crippen LogP contribution in [0.25, 0.3) is 0 Å². The number of halogens is 1. The van der Waals surface area contributed by atoms with Crippen molar-refractivity contribution in [2.24, 2.45) is 11.7 Å². The third-order valence-corrected chi connectivity index (χ3v) is 2.67. The number of carboxylic acid groups (broad SMARTS) is 1. The maximum absolute atomic E-state index is 13.9. The summed E-state index contributed by atoms with van der Waals surface area (Å²) < 4.78 is 13.9. The SMILES string of the molecule is CC(C)CN(CC(N)=O)C(=O)c1ccc(C(=O)O)cc1F. The molecule has 1 aromatic carbocycles. The molecule has 1 aromatic rings. The van der Waals surface area contributed by atoms with Gasteiger partial charge in [-0.1, -0.05) is 13.8 Å². The predicted molar refractivity (Wildman–Crippen MR) is 73.3 cm³/mol. The van der Waals surface area contributed by atoms with Crippen LogP contribution in [0.15, 0.2) is 18.2 Å². The van der Waals surface area contributed by atoms with Crippen LogP contribution < -0.4 is 5.73 Å². The molecule has 6 nitrogen and oxygen atoms in total. The lowest BCUT2D eigenvalue weighted by atomic mass is 10.1. The second-order valence-corrected chi connectivity index (χ2v) is 5.05. The van der Waals surface area contributed by atoms with Gasteiger partial charge in [-0.15, -0.1) is 0 Å². The lowest BCUT2D eigenvalue weighted by Gasteiger charge is -2.23. The van der Waals surface area contributed by atoms with Crippen molar-refractivity contribution in [3.8, 4) is 0 Å². The van der Waals surface area contributed by atoms with Crippen LogP contribution in [0.3, 0.4) is 0 Å². The third-order valence-electron chi connectivity index (χ3n) is 2.67. The van der Waals surface area contributed by atoms with Crippen molar-refractivity contribution >= 4 is 17.8 Å². The summed E-state index contributed by atoms with van der Waals surface area (Å²) in [6, 6.07) is 3.00. The molecule has 0 fully saturated rings. The number of carbonyl (C=O) groups is 3. The second kappa shape index (κ2) is 6.83.